The van der Waals surface area contributed by atoms with Gasteiger partial charge in [0.25, 0.3) is 11.1 Å². The summed E-state index contributed by atoms with van der Waals surface area (Å²) < 4.78 is 22.9. The molecule has 1 aliphatic carbocycles. The van der Waals surface area contributed by atoms with E-state index < -0.39 is 24.1 Å². The molecule has 11 nitrogen and oxygen atoms in total. The predicted octanol–water partition coefficient (Wildman–Crippen LogP) is 7.69. The highest BCUT2D eigenvalue weighted by Crippen LogP contribution is 2.39. The molecule has 0 N–H and O–H groups in total. The molecule has 5 rings (SSSR count). The average Bonchev–Trinajstić information content (AvgIpc) is 3.63. The van der Waals surface area contributed by atoms with Crippen molar-refractivity contribution in [3.63, 3.8) is 0 Å². The Morgan fingerprint density at radius 2 is 1.87 bits per heavy atom. The van der Waals surface area contributed by atoms with Gasteiger partial charge < -0.3 is 9.26 Å². The Kier molecular flexibility index (Phi) is 11.0. The number of aromatic nitrogens is 3. The first-order valence-corrected chi connectivity index (χ1v) is 19.8. The number of nitrogens with zero attached hydrogens (tertiary/aromatic N) is 5. The van der Waals surface area contributed by atoms with Crippen molar-refractivity contribution in [2.75, 3.05) is 20.1 Å². The van der Waals surface area contributed by atoms with E-state index in [1.807, 2.05) is 55.3 Å². The van der Waals surface area contributed by atoms with Crippen LogP contribution in [0.4, 0.5) is 9.59 Å². The zero-order chi connectivity index (χ0) is 33.8. The normalized spacial score (nSPS) is 19.8. The summed E-state index contributed by atoms with van der Waals surface area (Å²) >= 11 is 2.42. The second kappa shape index (κ2) is 14.8. The molecule has 250 valence electrons. The van der Waals surface area contributed by atoms with Gasteiger partial charge in [0.05, 0.1) is 28.5 Å². The van der Waals surface area contributed by atoms with Gasteiger partial charge >= 0.3 is 6.09 Å². The van der Waals surface area contributed by atoms with Crippen molar-refractivity contribution in [3.8, 4) is 11.3 Å². The molecule has 3 aromatic heterocycles. The highest BCUT2D eigenvalue weighted by atomic mass is 32.2. The van der Waals surface area contributed by atoms with Crippen LogP contribution in [0.5, 0.6) is 0 Å². The molecule has 0 spiro atoms. The smallest absolute Gasteiger partial charge is 0.410 e. The molecule has 1 saturated carbocycles. The van der Waals surface area contributed by atoms with Crippen LogP contribution >= 0.6 is 30.5 Å². The molecule has 2 fully saturated rings. The van der Waals surface area contributed by atoms with Crippen LogP contribution in [0, 0.1) is 5.92 Å². The first-order chi connectivity index (χ1) is 22.2. The Hall–Kier alpha value is -3.38. The molecule has 0 aromatic carbocycles. The number of carbonyl (C=O) groups excluding carboxylic acids is 3. The summed E-state index contributed by atoms with van der Waals surface area (Å²) in [6, 6.07) is 9.65. The topological polar surface area (TPSA) is 132 Å². The largest absolute Gasteiger partial charge is 0.444 e. The summed E-state index contributed by atoms with van der Waals surface area (Å²) in [5, 5.41) is 3.61. The molecular formula is C33H40N5O6PS2. The summed E-state index contributed by atoms with van der Waals surface area (Å²) in [5.74, 6) is 0.473. The van der Waals surface area contributed by atoms with E-state index in [-0.39, 0.29) is 23.8 Å². The summed E-state index contributed by atoms with van der Waals surface area (Å²) in [6.07, 6.45) is 6.94. The monoisotopic (exact) mass is 697 g/mol. The number of hydrogen-bond donors (Lipinski definition) is 0. The van der Waals surface area contributed by atoms with Crippen molar-refractivity contribution >= 4 is 53.8 Å². The standard InChI is InChI=1S/C33H40N5O6PS2/c1-33(2,3)44-31(40)37(19-25-7-6-8-27(35-25)23-14-16-46-20-23)26-11-9-22(10-12-26)17-29-34-15-13-24(36-29)18-28-30(39)38(32(41)47-28)21-43-45(4,5)42/h6-8,13-16,18,20,22,26H,9-12,17,19,21H2,1-5H3/b28-18-. The Morgan fingerprint density at radius 3 is 2.55 bits per heavy atom. The zero-order valence-corrected chi connectivity index (χ0v) is 29.8. The van der Waals surface area contributed by atoms with E-state index >= 15 is 0 Å². The van der Waals surface area contributed by atoms with E-state index in [0.717, 1.165) is 59.3 Å². The van der Waals surface area contributed by atoms with Gasteiger partial charge in [-0.25, -0.2) is 19.7 Å². The number of imide groups is 1. The molecule has 1 saturated heterocycles. The highest BCUT2D eigenvalue weighted by molar-refractivity contribution is 8.18. The van der Waals surface area contributed by atoms with E-state index in [9.17, 15) is 18.9 Å². The van der Waals surface area contributed by atoms with Crippen molar-refractivity contribution in [2.45, 2.75) is 71.1 Å². The fourth-order valence-corrected chi connectivity index (χ4v) is 7.29. The van der Waals surface area contributed by atoms with Crippen LogP contribution in [0.25, 0.3) is 17.3 Å². The lowest BCUT2D eigenvalue weighted by atomic mass is 9.83. The lowest BCUT2D eigenvalue weighted by Gasteiger charge is -2.37. The van der Waals surface area contributed by atoms with Gasteiger partial charge in [-0.05, 0) is 99.9 Å². The Morgan fingerprint density at radius 1 is 1.11 bits per heavy atom. The molecule has 0 atom stereocenters. The SMILES string of the molecule is CC(C)(C)OC(=O)N(Cc1cccc(-c2ccsc2)n1)C1CCC(Cc2nccc(/C=C3\SC(=O)N(COP(C)(C)=O)C3=O)n2)CC1. The number of rotatable bonds is 10. The third-order valence-electron chi connectivity index (χ3n) is 7.69. The van der Waals surface area contributed by atoms with Gasteiger partial charge in [0.2, 0.25) is 0 Å². The fourth-order valence-electron chi connectivity index (χ4n) is 5.43. The number of hydrogen-bond acceptors (Lipinski definition) is 11. The molecule has 47 heavy (non-hydrogen) atoms. The Balaban J connectivity index is 1.22. The second-order valence-corrected chi connectivity index (χ2v) is 17.6. The van der Waals surface area contributed by atoms with E-state index in [2.05, 4.69) is 15.3 Å². The fraction of sp³-hybridized carbons (Fsp3) is 0.455. The van der Waals surface area contributed by atoms with Crippen molar-refractivity contribution < 1.29 is 28.2 Å². The molecule has 0 unspecified atom stereocenters. The predicted molar refractivity (Wildman–Crippen MR) is 184 cm³/mol. The van der Waals surface area contributed by atoms with Crippen LogP contribution in [0.15, 0.2) is 52.2 Å². The molecule has 1 aliphatic heterocycles. The van der Waals surface area contributed by atoms with Crippen molar-refractivity contribution in [1.82, 2.24) is 24.8 Å². The number of ether oxygens (including phenoxy) is 1. The molecule has 3 aromatic rings. The zero-order valence-electron chi connectivity index (χ0n) is 27.2. The molecule has 3 amide bonds. The minimum atomic E-state index is -2.86. The minimum Gasteiger partial charge on any atom is -0.444 e. The molecule has 0 bridgehead atoms. The lowest BCUT2D eigenvalue weighted by Crippen LogP contribution is -2.44. The van der Waals surface area contributed by atoms with E-state index in [1.54, 1.807) is 29.7 Å². The Labute approximate surface area is 283 Å². The van der Waals surface area contributed by atoms with Crippen LogP contribution in [0.1, 0.15) is 63.7 Å². The quantitative estimate of drug-likeness (QED) is 0.153. The first-order valence-electron chi connectivity index (χ1n) is 15.5. The minimum absolute atomic E-state index is 0.00822. The summed E-state index contributed by atoms with van der Waals surface area (Å²) in [7, 11) is -2.86. The maximum Gasteiger partial charge on any atom is 0.410 e. The van der Waals surface area contributed by atoms with Gasteiger partial charge in [0, 0.05) is 42.9 Å². The van der Waals surface area contributed by atoms with Crippen LogP contribution in [0.2, 0.25) is 0 Å². The van der Waals surface area contributed by atoms with Crippen LogP contribution in [0.3, 0.4) is 0 Å². The van der Waals surface area contributed by atoms with Gasteiger partial charge in [-0.3, -0.25) is 24.0 Å². The Bertz CT molecular complexity index is 1680. The third kappa shape index (κ3) is 9.82. The number of amides is 3. The summed E-state index contributed by atoms with van der Waals surface area (Å²) in [5.41, 5.74) is 2.66. The van der Waals surface area contributed by atoms with Crippen molar-refractivity contribution in [3.05, 3.63) is 69.4 Å². The van der Waals surface area contributed by atoms with E-state index in [4.69, 9.17) is 14.2 Å². The third-order valence-corrected chi connectivity index (χ3v) is 10.0. The summed E-state index contributed by atoms with van der Waals surface area (Å²) in [6.45, 7) is 8.49. The maximum absolute atomic E-state index is 13.5. The molecule has 0 radical (unpaired) electrons. The van der Waals surface area contributed by atoms with Gasteiger partial charge in [0.15, 0.2) is 7.37 Å². The van der Waals surface area contributed by atoms with Crippen LogP contribution in [-0.4, -0.2) is 73.7 Å². The van der Waals surface area contributed by atoms with Gasteiger partial charge in [-0.1, -0.05) is 6.07 Å². The molecular weight excluding hydrogens is 658 g/mol. The second-order valence-electron chi connectivity index (χ2n) is 13.0. The van der Waals surface area contributed by atoms with Gasteiger partial charge in [-0.15, -0.1) is 0 Å². The number of thioether (sulfide) groups is 1. The molecule has 4 heterocycles. The van der Waals surface area contributed by atoms with E-state index in [1.165, 1.54) is 13.3 Å². The lowest BCUT2D eigenvalue weighted by molar-refractivity contribution is -0.124. The number of thiophene rings is 1. The maximum atomic E-state index is 13.5. The van der Waals surface area contributed by atoms with Crippen LogP contribution in [-0.2, 0) is 31.6 Å². The van der Waals surface area contributed by atoms with Crippen LogP contribution < -0.4 is 0 Å². The average molecular weight is 698 g/mol. The van der Waals surface area contributed by atoms with Crippen molar-refractivity contribution in [1.29, 1.82) is 0 Å². The van der Waals surface area contributed by atoms with Crippen molar-refractivity contribution in [2.24, 2.45) is 5.92 Å². The van der Waals surface area contributed by atoms with Gasteiger partial charge in [-0.2, -0.15) is 11.3 Å². The summed E-state index contributed by atoms with van der Waals surface area (Å²) in [4.78, 5) is 55.6. The van der Waals surface area contributed by atoms with Gasteiger partial charge in [0.1, 0.15) is 18.2 Å². The number of carbonyl (C=O) groups is 3. The molecule has 2 aliphatic rings. The van der Waals surface area contributed by atoms with E-state index in [0.29, 0.717) is 30.4 Å². The first kappa shape index (κ1) is 34.9. The molecule has 14 heteroatoms. The number of pyridine rings is 1. The highest BCUT2D eigenvalue weighted by Gasteiger charge is 2.36.